The Labute approximate surface area is 138 Å². The van der Waals surface area contributed by atoms with Crippen molar-refractivity contribution < 1.29 is 26.4 Å². The predicted molar refractivity (Wildman–Crippen MR) is 81.1 cm³/mol. The first-order valence-electron chi connectivity index (χ1n) is 7.65. The Balaban J connectivity index is 2.28. The highest BCUT2D eigenvalue weighted by atomic mass is 32.2. The lowest BCUT2D eigenvalue weighted by Crippen LogP contribution is -2.45. The van der Waals surface area contributed by atoms with Gasteiger partial charge in [-0.3, -0.25) is 4.79 Å². The average Bonchev–Trinajstić information content (AvgIpc) is 2.52. The van der Waals surface area contributed by atoms with Gasteiger partial charge in [-0.1, -0.05) is 6.42 Å². The molecule has 0 bridgehead atoms. The zero-order chi connectivity index (χ0) is 17.9. The zero-order valence-electron chi connectivity index (χ0n) is 13.2. The van der Waals surface area contributed by atoms with Crippen LogP contribution in [-0.2, 0) is 14.8 Å². The van der Waals surface area contributed by atoms with E-state index in [0.29, 0.717) is 25.3 Å². The summed E-state index contributed by atoms with van der Waals surface area (Å²) in [6.45, 7) is 1.81. The van der Waals surface area contributed by atoms with Gasteiger partial charge in [0.2, 0.25) is 15.9 Å². The SMILES string of the molecule is CC(=O)NCC[C@@H]1CCCCN1S(=O)(=O)c1ccc(F)c(F)c1F. The molecule has 1 aliphatic heterocycles. The van der Waals surface area contributed by atoms with Crippen molar-refractivity contribution in [2.75, 3.05) is 13.1 Å². The molecule has 0 aliphatic carbocycles. The minimum Gasteiger partial charge on any atom is -0.356 e. The topological polar surface area (TPSA) is 66.5 Å². The maximum absolute atomic E-state index is 13.9. The van der Waals surface area contributed by atoms with Crippen molar-refractivity contribution in [1.29, 1.82) is 0 Å². The maximum atomic E-state index is 13.9. The van der Waals surface area contributed by atoms with Gasteiger partial charge in [-0.2, -0.15) is 4.31 Å². The van der Waals surface area contributed by atoms with Crippen LogP contribution in [-0.4, -0.2) is 37.8 Å². The Kier molecular flexibility index (Phi) is 5.87. The number of amides is 1. The second-order valence-corrected chi connectivity index (χ2v) is 7.57. The molecule has 1 fully saturated rings. The largest absolute Gasteiger partial charge is 0.356 e. The van der Waals surface area contributed by atoms with E-state index in [1.54, 1.807) is 0 Å². The first kappa shape index (κ1) is 18.7. The number of carbonyl (C=O) groups excluding carboxylic acids is 1. The lowest BCUT2D eigenvalue weighted by molar-refractivity contribution is -0.119. The van der Waals surface area contributed by atoms with Crippen LogP contribution in [0.3, 0.4) is 0 Å². The Morgan fingerprint density at radius 2 is 1.96 bits per heavy atom. The number of hydrogen-bond acceptors (Lipinski definition) is 3. The Morgan fingerprint density at radius 3 is 2.62 bits per heavy atom. The van der Waals surface area contributed by atoms with Gasteiger partial charge in [-0.25, -0.2) is 21.6 Å². The second-order valence-electron chi connectivity index (χ2n) is 5.71. The van der Waals surface area contributed by atoms with Crippen LogP contribution in [0.1, 0.15) is 32.6 Å². The van der Waals surface area contributed by atoms with Gasteiger partial charge in [0.15, 0.2) is 17.5 Å². The van der Waals surface area contributed by atoms with Gasteiger partial charge >= 0.3 is 0 Å². The number of benzene rings is 1. The molecule has 1 aliphatic rings. The van der Waals surface area contributed by atoms with Crippen LogP contribution in [0.2, 0.25) is 0 Å². The highest BCUT2D eigenvalue weighted by Gasteiger charge is 2.36. The fourth-order valence-corrected chi connectivity index (χ4v) is 4.61. The lowest BCUT2D eigenvalue weighted by Gasteiger charge is -2.34. The summed E-state index contributed by atoms with van der Waals surface area (Å²) in [6, 6.07) is 0.910. The molecule has 1 aromatic carbocycles. The van der Waals surface area contributed by atoms with E-state index in [2.05, 4.69) is 5.32 Å². The Morgan fingerprint density at radius 1 is 1.25 bits per heavy atom. The van der Waals surface area contributed by atoms with Gasteiger partial charge in [0, 0.05) is 26.1 Å². The number of nitrogens with one attached hydrogen (secondary N) is 1. The number of hydrogen-bond donors (Lipinski definition) is 1. The highest BCUT2D eigenvalue weighted by molar-refractivity contribution is 7.89. The molecule has 9 heteroatoms. The van der Waals surface area contributed by atoms with Crippen LogP contribution >= 0.6 is 0 Å². The normalized spacial score (nSPS) is 19.2. The lowest BCUT2D eigenvalue weighted by atomic mass is 10.0. The van der Waals surface area contributed by atoms with Crippen molar-refractivity contribution in [3.8, 4) is 0 Å². The highest BCUT2D eigenvalue weighted by Crippen LogP contribution is 2.29. The molecule has 1 aromatic rings. The van der Waals surface area contributed by atoms with Crippen LogP contribution in [0, 0.1) is 17.5 Å². The van der Waals surface area contributed by atoms with E-state index >= 15 is 0 Å². The van der Waals surface area contributed by atoms with Crippen LogP contribution in [0.4, 0.5) is 13.2 Å². The predicted octanol–water partition coefficient (Wildman–Crippen LogP) is 2.17. The van der Waals surface area contributed by atoms with Crippen LogP contribution in [0.15, 0.2) is 17.0 Å². The van der Waals surface area contributed by atoms with Gasteiger partial charge in [-0.15, -0.1) is 0 Å². The van der Waals surface area contributed by atoms with Crippen molar-refractivity contribution in [3.05, 3.63) is 29.6 Å². The summed E-state index contributed by atoms with van der Waals surface area (Å²) >= 11 is 0. The third-order valence-electron chi connectivity index (χ3n) is 4.01. The average molecular weight is 364 g/mol. The minimum atomic E-state index is -4.29. The number of rotatable bonds is 5. The van der Waals surface area contributed by atoms with Gasteiger partial charge in [0.05, 0.1) is 0 Å². The molecule has 0 radical (unpaired) electrons. The molecule has 1 saturated heterocycles. The molecule has 0 unspecified atom stereocenters. The summed E-state index contributed by atoms with van der Waals surface area (Å²) in [5.41, 5.74) is 0. The molecule has 5 nitrogen and oxygen atoms in total. The van der Waals surface area contributed by atoms with Crippen molar-refractivity contribution >= 4 is 15.9 Å². The summed E-state index contributed by atoms with van der Waals surface area (Å²) in [7, 11) is -4.29. The fourth-order valence-electron chi connectivity index (χ4n) is 2.83. The monoisotopic (exact) mass is 364 g/mol. The van der Waals surface area contributed by atoms with Crippen molar-refractivity contribution in [2.45, 2.75) is 43.5 Å². The van der Waals surface area contributed by atoms with Gasteiger partial charge < -0.3 is 5.32 Å². The van der Waals surface area contributed by atoms with E-state index in [-0.39, 0.29) is 19.0 Å². The number of sulfonamides is 1. The quantitative estimate of drug-likeness (QED) is 0.815. The third kappa shape index (κ3) is 3.89. The molecule has 0 spiro atoms. The van der Waals surface area contributed by atoms with E-state index in [1.807, 2.05) is 0 Å². The van der Waals surface area contributed by atoms with Crippen LogP contribution in [0.25, 0.3) is 0 Å². The van der Waals surface area contributed by atoms with E-state index in [4.69, 9.17) is 0 Å². The van der Waals surface area contributed by atoms with Gasteiger partial charge in [-0.05, 0) is 31.4 Å². The first-order chi connectivity index (χ1) is 11.2. The van der Waals surface area contributed by atoms with Gasteiger partial charge in [0.1, 0.15) is 4.90 Å². The summed E-state index contributed by atoms with van der Waals surface area (Å²) in [6.07, 6.45) is 2.33. The van der Waals surface area contributed by atoms with E-state index in [1.165, 1.54) is 6.92 Å². The molecule has 24 heavy (non-hydrogen) atoms. The molecule has 134 valence electrons. The Hall–Kier alpha value is -1.61. The summed E-state index contributed by atoms with van der Waals surface area (Å²) < 4.78 is 66.9. The van der Waals surface area contributed by atoms with Crippen molar-refractivity contribution in [3.63, 3.8) is 0 Å². The number of piperidine rings is 1. The van der Waals surface area contributed by atoms with E-state index < -0.39 is 38.4 Å². The summed E-state index contributed by atoms with van der Waals surface area (Å²) in [5, 5.41) is 2.59. The molecule has 2 rings (SSSR count). The molecule has 1 heterocycles. The molecule has 0 saturated carbocycles. The van der Waals surface area contributed by atoms with Crippen molar-refractivity contribution in [1.82, 2.24) is 9.62 Å². The number of halogens is 3. The molecular formula is C15H19F3N2O3S. The zero-order valence-corrected chi connectivity index (χ0v) is 14.0. The molecular weight excluding hydrogens is 345 g/mol. The molecule has 1 amide bonds. The van der Waals surface area contributed by atoms with Crippen molar-refractivity contribution in [2.24, 2.45) is 0 Å². The number of nitrogens with zero attached hydrogens (tertiary/aromatic N) is 1. The standard InChI is InChI=1S/C15H19F3N2O3S/c1-10(21)19-8-7-11-4-2-3-9-20(11)24(22,23)13-6-5-12(16)14(17)15(13)18/h5-6,11H,2-4,7-9H2,1H3,(H,19,21)/t11-/m0/s1. The Bertz CT molecular complexity index is 725. The van der Waals surface area contributed by atoms with Crippen LogP contribution in [0.5, 0.6) is 0 Å². The smallest absolute Gasteiger partial charge is 0.246 e. The van der Waals surface area contributed by atoms with E-state index in [0.717, 1.165) is 16.8 Å². The van der Waals surface area contributed by atoms with E-state index in [9.17, 15) is 26.4 Å². The molecule has 1 N–H and O–H groups in total. The summed E-state index contributed by atoms with van der Waals surface area (Å²) in [5.74, 6) is -5.18. The summed E-state index contributed by atoms with van der Waals surface area (Å²) in [4.78, 5) is 10.1. The van der Waals surface area contributed by atoms with Crippen LogP contribution < -0.4 is 5.32 Å². The first-order valence-corrected chi connectivity index (χ1v) is 9.09. The maximum Gasteiger partial charge on any atom is 0.246 e. The fraction of sp³-hybridized carbons (Fsp3) is 0.533. The molecule has 1 atom stereocenters. The van der Waals surface area contributed by atoms with Gasteiger partial charge in [0.25, 0.3) is 0 Å². The molecule has 0 aromatic heterocycles. The third-order valence-corrected chi connectivity index (χ3v) is 5.98. The second kappa shape index (κ2) is 7.52. The number of carbonyl (C=O) groups is 1. The minimum absolute atomic E-state index is 0.172.